The Kier molecular flexibility index (Phi) is 3.94. The quantitative estimate of drug-likeness (QED) is 0.796. The largest absolute Gasteiger partial charge is 0.466 e. The van der Waals surface area contributed by atoms with Crippen LogP contribution < -0.4 is 0 Å². The zero-order valence-corrected chi connectivity index (χ0v) is 13.2. The number of methoxy groups -OCH3 is 1. The Balaban J connectivity index is 1.81. The van der Waals surface area contributed by atoms with Crippen molar-refractivity contribution in [1.29, 1.82) is 0 Å². The predicted molar refractivity (Wildman–Crippen MR) is 84.1 cm³/mol. The second-order valence-electron chi connectivity index (χ2n) is 5.76. The van der Waals surface area contributed by atoms with E-state index >= 15 is 0 Å². The first-order valence-electron chi connectivity index (χ1n) is 7.61. The summed E-state index contributed by atoms with van der Waals surface area (Å²) in [5.41, 5.74) is 0.431. The monoisotopic (exact) mass is 313 g/mol. The van der Waals surface area contributed by atoms with Gasteiger partial charge in [0.05, 0.1) is 13.2 Å². The topological polar surface area (TPSA) is 57.5 Å². The average Bonchev–Trinajstić information content (AvgIpc) is 3.19. The molecule has 1 heterocycles. The SMILES string of the molecule is COC(=O)C1(OC(=O)c2cccn2C(C)c2ccccc2)CC1. The molecule has 1 aromatic heterocycles. The van der Waals surface area contributed by atoms with Crippen molar-refractivity contribution in [3.63, 3.8) is 0 Å². The zero-order chi connectivity index (χ0) is 16.4. The summed E-state index contributed by atoms with van der Waals surface area (Å²) in [6, 6.07) is 13.4. The second-order valence-corrected chi connectivity index (χ2v) is 5.76. The highest BCUT2D eigenvalue weighted by atomic mass is 16.6. The van der Waals surface area contributed by atoms with E-state index in [1.165, 1.54) is 7.11 Å². The molecule has 1 unspecified atom stereocenters. The Hall–Kier alpha value is -2.56. The van der Waals surface area contributed by atoms with Crippen LogP contribution in [0.25, 0.3) is 0 Å². The number of ether oxygens (including phenoxy) is 2. The Morgan fingerprint density at radius 3 is 2.43 bits per heavy atom. The molecule has 1 fully saturated rings. The predicted octanol–water partition coefficient (Wildman–Crippen LogP) is 2.96. The molecule has 1 atom stereocenters. The molecule has 120 valence electrons. The minimum Gasteiger partial charge on any atom is -0.466 e. The molecule has 0 N–H and O–H groups in total. The number of carbonyl (C=O) groups excluding carboxylic acids is 2. The molecule has 1 aliphatic carbocycles. The standard InChI is InChI=1S/C18H19NO4/c1-13(14-7-4-3-5-8-14)19-12-6-9-15(19)16(20)23-18(10-11-18)17(21)22-2/h3-9,12-13H,10-11H2,1-2H3. The lowest BCUT2D eigenvalue weighted by Crippen LogP contribution is -2.31. The van der Waals surface area contributed by atoms with Crippen LogP contribution in [-0.2, 0) is 14.3 Å². The summed E-state index contributed by atoms with van der Waals surface area (Å²) in [6.07, 6.45) is 2.87. The van der Waals surface area contributed by atoms with Crippen molar-refractivity contribution in [3.05, 3.63) is 59.9 Å². The number of hydrogen-bond acceptors (Lipinski definition) is 4. The van der Waals surface area contributed by atoms with Gasteiger partial charge in [-0.25, -0.2) is 9.59 Å². The van der Waals surface area contributed by atoms with Gasteiger partial charge in [0.2, 0.25) is 5.60 Å². The van der Waals surface area contributed by atoms with Gasteiger partial charge in [0.25, 0.3) is 0 Å². The third kappa shape index (κ3) is 2.86. The smallest absolute Gasteiger partial charge is 0.356 e. The fourth-order valence-corrected chi connectivity index (χ4v) is 2.67. The van der Waals surface area contributed by atoms with Gasteiger partial charge >= 0.3 is 11.9 Å². The number of rotatable bonds is 5. The first-order chi connectivity index (χ1) is 11.1. The summed E-state index contributed by atoms with van der Waals surface area (Å²) in [4.78, 5) is 24.2. The number of aromatic nitrogens is 1. The van der Waals surface area contributed by atoms with Gasteiger partial charge in [-0.2, -0.15) is 0 Å². The lowest BCUT2D eigenvalue weighted by atomic mass is 10.1. The summed E-state index contributed by atoms with van der Waals surface area (Å²) in [5, 5.41) is 0. The Morgan fingerprint density at radius 1 is 1.13 bits per heavy atom. The first-order valence-corrected chi connectivity index (χ1v) is 7.61. The van der Waals surface area contributed by atoms with E-state index in [9.17, 15) is 9.59 Å². The Labute approximate surface area is 134 Å². The van der Waals surface area contributed by atoms with E-state index < -0.39 is 17.5 Å². The maximum absolute atomic E-state index is 12.5. The molecule has 0 radical (unpaired) electrons. The molecule has 5 nitrogen and oxygen atoms in total. The average molecular weight is 313 g/mol. The van der Waals surface area contributed by atoms with Crippen LogP contribution in [0.4, 0.5) is 0 Å². The van der Waals surface area contributed by atoms with Crippen LogP contribution in [0.3, 0.4) is 0 Å². The molecule has 0 spiro atoms. The lowest BCUT2D eigenvalue weighted by Gasteiger charge is -2.19. The molecule has 1 aromatic carbocycles. The van der Waals surface area contributed by atoms with Crippen LogP contribution >= 0.6 is 0 Å². The van der Waals surface area contributed by atoms with E-state index in [0.717, 1.165) is 5.56 Å². The van der Waals surface area contributed by atoms with Crippen molar-refractivity contribution in [3.8, 4) is 0 Å². The van der Waals surface area contributed by atoms with Crippen molar-refractivity contribution in [2.45, 2.75) is 31.4 Å². The summed E-state index contributed by atoms with van der Waals surface area (Å²) >= 11 is 0. The van der Waals surface area contributed by atoms with E-state index in [4.69, 9.17) is 9.47 Å². The van der Waals surface area contributed by atoms with Crippen LogP contribution in [0.1, 0.15) is 41.9 Å². The highest BCUT2D eigenvalue weighted by molar-refractivity contribution is 5.92. The molecular formula is C18H19NO4. The molecule has 0 amide bonds. The normalized spacial score (nSPS) is 16.4. The fourth-order valence-electron chi connectivity index (χ4n) is 2.67. The van der Waals surface area contributed by atoms with Gasteiger partial charge in [-0.05, 0) is 24.6 Å². The van der Waals surface area contributed by atoms with Crippen molar-refractivity contribution in [2.75, 3.05) is 7.11 Å². The van der Waals surface area contributed by atoms with Gasteiger partial charge in [0, 0.05) is 19.0 Å². The minimum atomic E-state index is -1.09. The number of esters is 2. The summed E-state index contributed by atoms with van der Waals surface area (Å²) in [7, 11) is 1.30. The highest BCUT2D eigenvalue weighted by Crippen LogP contribution is 2.41. The van der Waals surface area contributed by atoms with Crippen LogP contribution in [0, 0.1) is 0 Å². The molecule has 0 bridgehead atoms. The number of nitrogens with zero attached hydrogens (tertiary/aromatic N) is 1. The van der Waals surface area contributed by atoms with Crippen LogP contribution in [0.15, 0.2) is 48.7 Å². The molecule has 0 aliphatic heterocycles. The van der Waals surface area contributed by atoms with E-state index in [1.54, 1.807) is 12.1 Å². The fraction of sp³-hybridized carbons (Fsp3) is 0.333. The number of benzene rings is 1. The summed E-state index contributed by atoms with van der Waals surface area (Å²) < 4.78 is 12.0. The van der Waals surface area contributed by atoms with Crippen molar-refractivity contribution in [1.82, 2.24) is 4.57 Å². The van der Waals surface area contributed by atoms with E-state index in [0.29, 0.717) is 18.5 Å². The molecule has 0 saturated heterocycles. The third-order valence-electron chi connectivity index (χ3n) is 4.24. The molecular weight excluding hydrogens is 294 g/mol. The molecule has 5 heteroatoms. The molecule has 1 saturated carbocycles. The van der Waals surface area contributed by atoms with E-state index in [2.05, 4.69) is 0 Å². The van der Waals surface area contributed by atoms with Gasteiger partial charge in [-0.1, -0.05) is 30.3 Å². The van der Waals surface area contributed by atoms with Crippen LogP contribution in [0.2, 0.25) is 0 Å². The summed E-state index contributed by atoms with van der Waals surface area (Å²) in [5.74, 6) is -0.985. The van der Waals surface area contributed by atoms with E-state index in [-0.39, 0.29) is 6.04 Å². The first kappa shape index (κ1) is 15.3. The molecule has 1 aliphatic rings. The van der Waals surface area contributed by atoms with Crippen molar-refractivity contribution >= 4 is 11.9 Å². The third-order valence-corrected chi connectivity index (χ3v) is 4.24. The molecule has 3 rings (SSSR count). The lowest BCUT2D eigenvalue weighted by molar-refractivity contribution is -0.153. The Bertz CT molecular complexity index is 716. The van der Waals surface area contributed by atoms with Gasteiger partial charge in [0.15, 0.2) is 0 Å². The van der Waals surface area contributed by atoms with Crippen molar-refractivity contribution in [2.24, 2.45) is 0 Å². The number of carbonyl (C=O) groups is 2. The van der Waals surface area contributed by atoms with Crippen LogP contribution in [-0.4, -0.2) is 29.2 Å². The zero-order valence-electron chi connectivity index (χ0n) is 13.2. The van der Waals surface area contributed by atoms with Gasteiger partial charge in [-0.3, -0.25) is 0 Å². The van der Waals surface area contributed by atoms with E-state index in [1.807, 2.05) is 48.0 Å². The molecule has 23 heavy (non-hydrogen) atoms. The van der Waals surface area contributed by atoms with Gasteiger partial charge < -0.3 is 14.0 Å². The maximum atomic E-state index is 12.5. The highest BCUT2D eigenvalue weighted by Gasteiger charge is 2.55. The minimum absolute atomic E-state index is 0.0120. The molecule has 2 aromatic rings. The van der Waals surface area contributed by atoms with Gasteiger partial charge in [-0.15, -0.1) is 0 Å². The number of hydrogen-bond donors (Lipinski definition) is 0. The van der Waals surface area contributed by atoms with Crippen molar-refractivity contribution < 1.29 is 19.1 Å². The van der Waals surface area contributed by atoms with Gasteiger partial charge in [0.1, 0.15) is 5.69 Å². The Morgan fingerprint density at radius 2 is 1.83 bits per heavy atom. The summed E-state index contributed by atoms with van der Waals surface area (Å²) in [6.45, 7) is 2.01. The van der Waals surface area contributed by atoms with Crippen LogP contribution in [0.5, 0.6) is 0 Å². The maximum Gasteiger partial charge on any atom is 0.356 e. The second kappa shape index (κ2) is 5.91.